The molecular formula is C28H28ClF2N5O4. The monoisotopic (exact) mass is 571 g/mol. The van der Waals surface area contributed by atoms with E-state index in [1.165, 1.54) is 24.0 Å². The van der Waals surface area contributed by atoms with Crippen molar-refractivity contribution in [3.05, 3.63) is 64.6 Å². The fraction of sp³-hybridized carbons (Fsp3) is 0.357. The quantitative estimate of drug-likeness (QED) is 0.352. The van der Waals surface area contributed by atoms with Gasteiger partial charge in [0.2, 0.25) is 11.8 Å². The fourth-order valence-electron chi connectivity index (χ4n) is 4.90. The first-order chi connectivity index (χ1) is 19.1. The van der Waals surface area contributed by atoms with Crippen LogP contribution in [-0.4, -0.2) is 57.9 Å². The molecule has 12 heteroatoms. The number of fused-ring (bicyclic) bond motifs is 1. The third-order valence-corrected chi connectivity index (χ3v) is 7.39. The van der Waals surface area contributed by atoms with Crippen LogP contribution in [0.5, 0.6) is 0 Å². The average Bonchev–Trinajstić information content (AvgIpc) is 3.52. The van der Waals surface area contributed by atoms with Gasteiger partial charge in [-0.3, -0.25) is 14.4 Å². The van der Waals surface area contributed by atoms with E-state index in [0.717, 1.165) is 12.8 Å². The number of anilines is 1. The van der Waals surface area contributed by atoms with Crippen LogP contribution in [0.15, 0.2) is 42.6 Å². The molecule has 0 bridgehead atoms. The number of Topliss-reactive ketones (excluding diaryl/α,β-unsaturated/α-hetero) is 1. The maximum atomic E-state index is 14.4. The molecule has 1 saturated carbocycles. The minimum atomic E-state index is -1.40. The largest absolute Gasteiger partial charge is 0.350 e. The number of nitrogens with zero attached hydrogens (tertiary/aromatic N) is 2. The first-order valence-corrected chi connectivity index (χ1v) is 13.3. The van der Waals surface area contributed by atoms with E-state index in [-0.39, 0.29) is 54.5 Å². The molecule has 3 aromatic rings. The molecule has 9 nitrogen and oxygen atoms in total. The Balaban J connectivity index is 1.31. The van der Waals surface area contributed by atoms with Crippen molar-refractivity contribution in [1.29, 1.82) is 0 Å². The molecule has 1 aliphatic heterocycles. The van der Waals surface area contributed by atoms with Crippen LogP contribution >= 0.6 is 11.6 Å². The molecule has 5 rings (SSSR count). The fourth-order valence-corrected chi connectivity index (χ4v) is 5.09. The first kappa shape index (κ1) is 27.6. The molecule has 0 radical (unpaired) electrons. The van der Waals surface area contributed by atoms with Gasteiger partial charge in [0.1, 0.15) is 24.6 Å². The molecule has 0 spiro atoms. The maximum absolute atomic E-state index is 14.4. The average molecular weight is 572 g/mol. The van der Waals surface area contributed by atoms with Gasteiger partial charge in [0.15, 0.2) is 5.78 Å². The lowest BCUT2D eigenvalue weighted by molar-refractivity contribution is -0.139. The number of ketones is 1. The van der Waals surface area contributed by atoms with Crippen molar-refractivity contribution in [2.75, 3.05) is 11.9 Å². The van der Waals surface area contributed by atoms with Crippen molar-refractivity contribution < 1.29 is 28.0 Å². The molecule has 2 atom stereocenters. The summed E-state index contributed by atoms with van der Waals surface area (Å²) in [5.41, 5.74) is 1.59. The van der Waals surface area contributed by atoms with Gasteiger partial charge in [-0.25, -0.2) is 13.6 Å². The van der Waals surface area contributed by atoms with Crippen LogP contribution in [-0.2, 0) is 22.7 Å². The summed E-state index contributed by atoms with van der Waals surface area (Å²) in [5, 5.41) is 8.63. The Morgan fingerprint density at radius 2 is 1.90 bits per heavy atom. The van der Waals surface area contributed by atoms with Crippen LogP contribution in [0.3, 0.4) is 0 Å². The number of halogens is 3. The molecule has 4 amide bonds. The minimum absolute atomic E-state index is 0.0819. The Bertz CT molecular complexity index is 1510. The van der Waals surface area contributed by atoms with E-state index in [9.17, 15) is 28.0 Å². The number of rotatable bonds is 8. The lowest BCUT2D eigenvalue weighted by Gasteiger charge is -2.24. The summed E-state index contributed by atoms with van der Waals surface area (Å²) in [6.07, 6.45) is 1.85. The van der Waals surface area contributed by atoms with Gasteiger partial charge in [0.25, 0.3) is 0 Å². The van der Waals surface area contributed by atoms with Crippen LogP contribution in [0.25, 0.3) is 10.9 Å². The molecule has 2 heterocycles. The number of carbonyl (C=O) groups excluding carboxylic acids is 4. The van der Waals surface area contributed by atoms with Crippen molar-refractivity contribution in [2.24, 2.45) is 0 Å². The van der Waals surface area contributed by atoms with Crippen LogP contribution in [0, 0.1) is 5.82 Å². The zero-order chi connectivity index (χ0) is 28.6. The second-order valence-corrected chi connectivity index (χ2v) is 10.6. The molecule has 2 aliphatic rings. The van der Waals surface area contributed by atoms with Gasteiger partial charge in [0, 0.05) is 52.9 Å². The predicted octanol–water partition coefficient (Wildman–Crippen LogP) is 4.18. The summed E-state index contributed by atoms with van der Waals surface area (Å²) in [7, 11) is 0. The summed E-state index contributed by atoms with van der Waals surface area (Å²) < 4.78 is 30.2. The van der Waals surface area contributed by atoms with E-state index in [0.29, 0.717) is 22.2 Å². The number of amides is 4. The number of hydrogen-bond donors (Lipinski definition) is 3. The highest BCUT2D eigenvalue weighted by atomic mass is 35.5. The van der Waals surface area contributed by atoms with Crippen LogP contribution in [0.4, 0.5) is 19.3 Å². The Kier molecular flexibility index (Phi) is 7.75. The van der Waals surface area contributed by atoms with Gasteiger partial charge in [0.05, 0.1) is 11.6 Å². The number of alkyl halides is 1. The molecule has 2 aromatic carbocycles. The molecule has 2 fully saturated rings. The van der Waals surface area contributed by atoms with Crippen LogP contribution in [0.2, 0.25) is 5.02 Å². The Hall–Kier alpha value is -3.99. The summed E-state index contributed by atoms with van der Waals surface area (Å²) >= 11 is 5.80. The van der Waals surface area contributed by atoms with Crippen LogP contribution in [0.1, 0.15) is 42.1 Å². The number of hydrogen-bond acceptors (Lipinski definition) is 4. The van der Waals surface area contributed by atoms with Crippen molar-refractivity contribution >= 4 is 51.8 Å². The second kappa shape index (κ2) is 11.2. The number of benzene rings is 2. The van der Waals surface area contributed by atoms with Crippen molar-refractivity contribution in [3.8, 4) is 0 Å². The zero-order valence-electron chi connectivity index (χ0n) is 21.7. The van der Waals surface area contributed by atoms with Gasteiger partial charge in [-0.1, -0.05) is 23.7 Å². The third-order valence-electron chi connectivity index (χ3n) is 7.09. The Labute approximate surface area is 233 Å². The normalized spacial score (nSPS) is 18.6. The lowest BCUT2D eigenvalue weighted by atomic mass is 10.1. The molecule has 40 heavy (non-hydrogen) atoms. The highest BCUT2D eigenvalue weighted by Crippen LogP contribution is 2.28. The van der Waals surface area contributed by atoms with Crippen molar-refractivity contribution in [3.63, 3.8) is 0 Å². The molecule has 1 aromatic heterocycles. The molecular weight excluding hydrogens is 544 g/mol. The Morgan fingerprint density at radius 1 is 1.12 bits per heavy atom. The summed E-state index contributed by atoms with van der Waals surface area (Å²) in [4.78, 5) is 51.9. The van der Waals surface area contributed by atoms with E-state index in [1.807, 2.05) is 0 Å². The summed E-state index contributed by atoms with van der Waals surface area (Å²) in [6.45, 7) is 0.738. The number of carbonyl (C=O) groups is 4. The highest BCUT2D eigenvalue weighted by Gasteiger charge is 2.39. The maximum Gasteiger partial charge on any atom is 0.319 e. The number of likely N-dealkylation sites (tertiary alicyclic amines) is 1. The highest BCUT2D eigenvalue weighted by molar-refractivity contribution is 6.30. The number of nitrogens with one attached hydrogen (secondary N) is 3. The van der Waals surface area contributed by atoms with E-state index in [4.69, 9.17) is 11.6 Å². The lowest BCUT2D eigenvalue weighted by Crippen LogP contribution is -2.46. The van der Waals surface area contributed by atoms with E-state index in [1.54, 1.807) is 35.0 Å². The topological polar surface area (TPSA) is 113 Å². The SMILES string of the molecule is CC(=O)c1cn(CC(=O)N2C[C@H](F)C[C@H]2C(=O)NCc2cccc(Cl)c2F)c2ccc(NC(=O)NC3CC3)cc12. The molecule has 210 valence electrons. The molecule has 1 saturated heterocycles. The summed E-state index contributed by atoms with van der Waals surface area (Å²) in [5.74, 6) is -2.00. The molecule has 1 aliphatic carbocycles. The smallest absolute Gasteiger partial charge is 0.319 e. The predicted molar refractivity (Wildman–Crippen MR) is 145 cm³/mol. The van der Waals surface area contributed by atoms with Gasteiger partial charge in [-0.15, -0.1) is 0 Å². The zero-order valence-corrected chi connectivity index (χ0v) is 22.4. The number of aromatic nitrogens is 1. The number of urea groups is 1. The standard InChI is InChI=1S/C28H28ClF2N5O4/c1-15(37)21-13-35(23-8-7-19(10-20(21)23)34-28(40)33-18-5-6-18)14-25(38)36-12-17(30)9-24(36)27(39)32-11-16-3-2-4-22(29)26(16)31/h2-4,7-8,10,13,17-18,24H,5-6,9,11-12,14H2,1H3,(H,32,39)(H2,33,34,40)/t17-,24+/m1/s1. The van der Waals surface area contributed by atoms with Crippen molar-refractivity contribution in [1.82, 2.24) is 20.1 Å². The first-order valence-electron chi connectivity index (χ1n) is 13.0. The van der Waals surface area contributed by atoms with E-state index in [2.05, 4.69) is 16.0 Å². The minimum Gasteiger partial charge on any atom is -0.350 e. The van der Waals surface area contributed by atoms with Gasteiger partial charge in [-0.05, 0) is 44.0 Å². The van der Waals surface area contributed by atoms with E-state index >= 15 is 0 Å². The van der Waals surface area contributed by atoms with Gasteiger partial charge < -0.3 is 25.4 Å². The molecule has 0 unspecified atom stereocenters. The second-order valence-electron chi connectivity index (χ2n) is 10.2. The third kappa shape index (κ3) is 5.94. The van der Waals surface area contributed by atoms with E-state index < -0.39 is 29.8 Å². The van der Waals surface area contributed by atoms with Gasteiger partial charge >= 0.3 is 6.03 Å². The Morgan fingerprint density at radius 3 is 2.62 bits per heavy atom. The molecule has 3 N–H and O–H groups in total. The van der Waals surface area contributed by atoms with Crippen LogP contribution < -0.4 is 16.0 Å². The summed E-state index contributed by atoms with van der Waals surface area (Å²) in [6, 6.07) is 8.21. The van der Waals surface area contributed by atoms with Gasteiger partial charge in [-0.2, -0.15) is 0 Å². The van der Waals surface area contributed by atoms with Crippen molar-refractivity contribution in [2.45, 2.75) is 57.5 Å².